The van der Waals surface area contributed by atoms with E-state index in [0.29, 0.717) is 22.7 Å². The van der Waals surface area contributed by atoms with E-state index in [2.05, 4.69) is 0 Å². The Labute approximate surface area is 114 Å². The van der Waals surface area contributed by atoms with Crippen LogP contribution in [-0.4, -0.2) is 16.8 Å². The number of rotatable bonds is 2. The molecule has 1 aliphatic heterocycles. The van der Waals surface area contributed by atoms with Gasteiger partial charge < -0.3 is 5.73 Å². The standard InChI is InChI=1S/C12H9ClN2O2S/c13-5-1-2-6(10(14)18)9(3-5)15-11(16)7-4-8(7)12(15)17/h1-3,7-8H,4H2,(H2,14,18). The Morgan fingerprint density at radius 1 is 1.33 bits per heavy atom. The van der Waals surface area contributed by atoms with Crippen molar-refractivity contribution >= 4 is 46.3 Å². The van der Waals surface area contributed by atoms with Crippen LogP contribution in [0.3, 0.4) is 0 Å². The van der Waals surface area contributed by atoms with Crippen molar-refractivity contribution in [1.29, 1.82) is 0 Å². The summed E-state index contributed by atoms with van der Waals surface area (Å²) in [5, 5.41) is 0.436. The molecule has 1 aromatic rings. The van der Waals surface area contributed by atoms with Gasteiger partial charge in [-0.3, -0.25) is 9.59 Å². The van der Waals surface area contributed by atoms with Crippen molar-refractivity contribution < 1.29 is 9.59 Å². The third kappa shape index (κ3) is 1.54. The van der Waals surface area contributed by atoms with Gasteiger partial charge in [0.25, 0.3) is 0 Å². The molecule has 2 atom stereocenters. The van der Waals surface area contributed by atoms with Gasteiger partial charge >= 0.3 is 0 Å². The van der Waals surface area contributed by atoms with Crippen LogP contribution in [0.2, 0.25) is 5.02 Å². The topological polar surface area (TPSA) is 63.4 Å². The molecule has 2 fully saturated rings. The molecule has 2 N–H and O–H groups in total. The van der Waals surface area contributed by atoms with Gasteiger partial charge in [-0.2, -0.15) is 0 Å². The average Bonchev–Trinajstić information content (AvgIpc) is 3.04. The third-order valence-electron chi connectivity index (χ3n) is 3.33. The monoisotopic (exact) mass is 280 g/mol. The van der Waals surface area contributed by atoms with Gasteiger partial charge in [-0.1, -0.05) is 23.8 Å². The minimum Gasteiger partial charge on any atom is -0.389 e. The zero-order chi connectivity index (χ0) is 13.0. The number of hydrogen-bond acceptors (Lipinski definition) is 3. The molecule has 2 unspecified atom stereocenters. The second-order valence-electron chi connectivity index (χ2n) is 4.49. The highest BCUT2D eigenvalue weighted by atomic mass is 35.5. The molecular weight excluding hydrogens is 272 g/mol. The Morgan fingerprint density at radius 2 is 1.94 bits per heavy atom. The van der Waals surface area contributed by atoms with Crippen LogP contribution >= 0.6 is 23.8 Å². The van der Waals surface area contributed by atoms with Gasteiger partial charge in [0.1, 0.15) is 4.99 Å². The fourth-order valence-corrected chi connectivity index (χ4v) is 2.66. The Kier molecular flexibility index (Phi) is 2.43. The molecule has 1 aromatic carbocycles. The number of halogens is 1. The number of fused-ring (bicyclic) bond motifs is 1. The van der Waals surface area contributed by atoms with Gasteiger partial charge in [0.15, 0.2) is 0 Å². The van der Waals surface area contributed by atoms with E-state index >= 15 is 0 Å². The summed E-state index contributed by atoms with van der Waals surface area (Å²) in [5.41, 5.74) is 6.51. The smallest absolute Gasteiger partial charge is 0.237 e. The first-order valence-corrected chi connectivity index (χ1v) is 6.26. The molecule has 0 bridgehead atoms. The van der Waals surface area contributed by atoms with Crippen LogP contribution < -0.4 is 10.6 Å². The van der Waals surface area contributed by atoms with E-state index in [-0.39, 0.29) is 28.6 Å². The molecule has 0 radical (unpaired) electrons. The predicted octanol–water partition coefficient (Wildman–Crippen LogP) is 1.48. The molecule has 3 rings (SSSR count). The first-order valence-electron chi connectivity index (χ1n) is 5.48. The van der Waals surface area contributed by atoms with Crippen LogP contribution in [0.5, 0.6) is 0 Å². The van der Waals surface area contributed by atoms with Crippen LogP contribution in [0, 0.1) is 11.8 Å². The minimum absolute atomic E-state index is 0.142. The second kappa shape index (κ2) is 3.76. The zero-order valence-corrected chi connectivity index (χ0v) is 10.8. The molecule has 1 aliphatic carbocycles. The van der Waals surface area contributed by atoms with Crippen LogP contribution in [0.15, 0.2) is 18.2 Å². The van der Waals surface area contributed by atoms with Gasteiger partial charge in [-0.05, 0) is 24.6 Å². The van der Waals surface area contributed by atoms with Crippen LogP contribution in [0.25, 0.3) is 0 Å². The lowest BCUT2D eigenvalue weighted by atomic mass is 10.1. The maximum Gasteiger partial charge on any atom is 0.237 e. The van der Waals surface area contributed by atoms with Crippen molar-refractivity contribution in [3.8, 4) is 0 Å². The zero-order valence-electron chi connectivity index (χ0n) is 9.22. The first kappa shape index (κ1) is 11.6. The van der Waals surface area contributed by atoms with Crippen molar-refractivity contribution in [1.82, 2.24) is 0 Å². The average molecular weight is 281 g/mol. The number of hydrogen-bond donors (Lipinski definition) is 1. The van der Waals surface area contributed by atoms with Crippen molar-refractivity contribution in [2.24, 2.45) is 17.6 Å². The Morgan fingerprint density at radius 3 is 2.50 bits per heavy atom. The molecule has 0 spiro atoms. The van der Waals surface area contributed by atoms with E-state index in [0.717, 1.165) is 0 Å². The molecule has 4 nitrogen and oxygen atoms in total. The minimum atomic E-state index is -0.176. The van der Waals surface area contributed by atoms with E-state index in [1.54, 1.807) is 18.2 Å². The number of imide groups is 1. The number of thiocarbonyl (C=S) groups is 1. The number of anilines is 1. The van der Waals surface area contributed by atoms with Gasteiger partial charge in [0.05, 0.1) is 17.5 Å². The number of nitrogens with zero attached hydrogens (tertiary/aromatic N) is 1. The van der Waals surface area contributed by atoms with Crippen molar-refractivity contribution in [3.63, 3.8) is 0 Å². The number of piperidine rings is 1. The molecule has 1 saturated carbocycles. The summed E-state index contributed by atoms with van der Waals surface area (Å²) in [6.07, 6.45) is 0.664. The first-order chi connectivity index (χ1) is 8.50. The van der Waals surface area contributed by atoms with Gasteiger partial charge in [0, 0.05) is 10.6 Å². The van der Waals surface area contributed by atoms with E-state index < -0.39 is 0 Å². The highest BCUT2D eigenvalue weighted by Crippen LogP contribution is 2.49. The Balaban J connectivity index is 2.11. The van der Waals surface area contributed by atoms with Crippen LogP contribution in [-0.2, 0) is 9.59 Å². The number of nitrogens with two attached hydrogens (primary N) is 1. The molecule has 92 valence electrons. The quantitative estimate of drug-likeness (QED) is 0.658. The Bertz CT molecular complexity index is 582. The van der Waals surface area contributed by atoms with Crippen molar-refractivity contribution in [3.05, 3.63) is 28.8 Å². The lowest BCUT2D eigenvalue weighted by Crippen LogP contribution is -2.34. The maximum absolute atomic E-state index is 12.0. The van der Waals surface area contributed by atoms with Crippen molar-refractivity contribution in [2.45, 2.75) is 6.42 Å². The summed E-state index contributed by atoms with van der Waals surface area (Å²) in [7, 11) is 0. The number of amides is 2. The second-order valence-corrected chi connectivity index (χ2v) is 5.36. The summed E-state index contributed by atoms with van der Waals surface area (Å²) in [6.45, 7) is 0. The molecule has 2 aliphatic rings. The lowest BCUT2D eigenvalue weighted by Gasteiger charge is -2.19. The largest absolute Gasteiger partial charge is 0.389 e. The fourth-order valence-electron chi connectivity index (χ4n) is 2.32. The van der Waals surface area contributed by atoms with E-state index in [4.69, 9.17) is 29.6 Å². The Hall–Kier alpha value is -1.46. The molecule has 6 heteroatoms. The van der Waals surface area contributed by atoms with E-state index in [1.807, 2.05) is 0 Å². The molecular formula is C12H9ClN2O2S. The SMILES string of the molecule is NC(=S)c1ccc(Cl)cc1N1C(=O)C2CC2C1=O. The summed E-state index contributed by atoms with van der Waals surface area (Å²) in [5.74, 6) is -0.666. The van der Waals surface area contributed by atoms with E-state index in [1.165, 1.54) is 4.90 Å². The molecule has 1 saturated heterocycles. The normalized spacial score (nSPS) is 25.3. The van der Waals surface area contributed by atoms with Gasteiger partial charge in [-0.15, -0.1) is 0 Å². The van der Waals surface area contributed by atoms with Crippen LogP contribution in [0.1, 0.15) is 12.0 Å². The molecule has 18 heavy (non-hydrogen) atoms. The number of carbonyl (C=O) groups excluding carboxylic acids is 2. The van der Waals surface area contributed by atoms with E-state index in [9.17, 15) is 9.59 Å². The summed E-state index contributed by atoms with van der Waals surface area (Å²) in [4.78, 5) is 25.4. The van der Waals surface area contributed by atoms with Gasteiger partial charge in [0.2, 0.25) is 11.8 Å². The molecule has 0 aromatic heterocycles. The molecule has 1 heterocycles. The predicted molar refractivity (Wildman–Crippen MR) is 71.4 cm³/mol. The fraction of sp³-hybridized carbons (Fsp3) is 0.250. The third-order valence-corrected chi connectivity index (χ3v) is 3.79. The van der Waals surface area contributed by atoms with Crippen LogP contribution in [0.4, 0.5) is 5.69 Å². The highest BCUT2D eigenvalue weighted by Gasteiger charge is 2.59. The summed E-state index contributed by atoms with van der Waals surface area (Å²) < 4.78 is 0. The summed E-state index contributed by atoms with van der Waals surface area (Å²) in [6, 6.07) is 4.81. The van der Waals surface area contributed by atoms with Crippen molar-refractivity contribution in [2.75, 3.05) is 4.90 Å². The number of benzene rings is 1. The molecule has 2 amide bonds. The van der Waals surface area contributed by atoms with Gasteiger partial charge in [-0.25, -0.2) is 4.90 Å². The number of carbonyl (C=O) groups is 2. The maximum atomic E-state index is 12.0. The highest BCUT2D eigenvalue weighted by molar-refractivity contribution is 7.80. The lowest BCUT2D eigenvalue weighted by molar-refractivity contribution is -0.123. The summed E-state index contributed by atoms with van der Waals surface area (Å²) >= 11 is 10.8.